The maximum absolute atomic E-state index is 13.6. The standard InChI is InChI=1S/C12H15FN4O/c1-17-8-15-16-12(17)7-14-6-9-3-4-10(18-2)5-11(9)13/h3-5,8,14H,6-7H2,1-2H3. The lowest BCUT2D eigenvalue weighted by atomic mass is 10.2. The Morgan fingerprint density at radius 1 is 1.39 bits per heavy atom. The summed E-state index contributed by atoms with van der Waals surface area (Å²) in [6.45, 7) is 0.977. The van der Waals surface area contributed by atoms with Crippen molar-refractivity contribution in [3.8, 4) is 5.75 Å². The highest BCUT2D eigenvalue weighted by atomic mass is 19.1. The number of ether oxygens (including phenoxy) is 1. The van der Waals surface area contributed by atoms with Gasteiger partial charge in [-0.1, -0.05) is 6.07 Å². The van der Waals surface area contributed by atoms with E-state index in [0.717, 1.165) is 5.82 Å². The van der Waals surface area contributed by atoms with Gasteiger partial charge in [-0.05, 0) is 6.07 Å². The molecule has 0 saturated carbocycles. The zero-order chi connectivity index (χ0) is 13.0. The SMILES string of the molecule is COc1ccc(CNCc2nncn2C)c(F)c1. The largest absolute Gasteiger partial charge is 0.497 e. The van der Waals surface area contributed by atoms with Crippen molar-refractivity contribution in [3.05, 3.63) is 41.7 Å². The minimum absolute atomic E-state index is 0.278. The molecule has 0 fully saturated rings. The zero-order valence-electron chi connectivity index (χ0n) is 10.4. The summed E-state index contributed by atoms with van der Waals surface area (Å²) in [4.78, 5) is 0. The van der Waals surface area contributed by atoms with Crippen LogP contribution in [0.1, 0.15) is 11.4 Å². The van der Waals surface area contributed by atoms with E-state index in [9.17, 15) is 4.39 Å². The first-order valence-corrected chi connectivity index (χ1v) is 5.56. The predicted octanol–water partition coefficient (Wildman–Crippen LogP) is 1.25. The molecule has 1 N–H and O–H groups in total. The van der Waals surface area contributed by atoms with Crippen LogP contribution in [0.5, 0.6) is 5.75 Å². The molecule has 6 heteroatoms. The Labute approximate surface area is 105 Å². The molecule has 2 rings (SSSR count). The summed E-state index contributed by atoms with van der Waals surface area (Å²) in [6, 6.07) is 4.82. The average Bonchev–Trinajstić information content (AvgIpc) is 2.77. The summed E-state index contributed by atoms with van der Waals surface area (Å²) in [5.41, 5.74) is 0.595. The molecule has 96 valence electrons. The van der Waals surface area contributed by atoms with Gasteiger partial charge in [-0.2, -0.15) is 0 Å². The van der Waals surface area contributed by atoms with Crippen molar-refractivity contribution in [2.75, 3.05) is 7.11 Å². The van der Waals surface area contributed by atoms with Crippen molar-refractivity contribution in [1.29, 1.82) is 0 Å². The van der Waals surface area contributed by atoms with Crippen LogP contribution in [0.25, 0.3) is 0 Å². The first-order valence-electron chi connectivity index (χ1n) is 5.56. The fourth-order valence-electron chi connectivity index (χ4n) is 1.57. The maximum Gasteiger partial charge on any atom is 0.146 e. The Balaban J connectivity index is 1.92. The quantitative estimate of drug-likeness (QED) is 0.867. The van der Waals surface area contributed by atoms with E-state index in [-0.39, 0.29) is 5.82 Å². The van der Waals surface area contributed by atoms with Crippen LogP contribution in [0.3, 0.4) is 0 Å². The van der Waals surface area contributed by atoms with E-state index in [1.807, 2.05) is 11.6 Å². The number of halogens is 1. The number of hydrogen-bond donors (Lipinski definition) is 1. The minimum atomic E-state index is -0.278. The Bertz CT molecular complexity index is 527. The number of aromatic nitrogens is 3. The lowest BCUT2D eigenvalue weighted by Gasteiger charge is -2.07. The summed E-state index contributed by atoms with van der Waals surface area (Å²) >= 11 is 0. The van der Waals surface area contributed by atoms with Gasteiger partial charge in [0.15, 0.2) is 0 Å². The Hall–Kier alpha value is -1.95. The second kappa shape index (κ2) is 5.59. The summed E-state index contributed by atoms with van der Waals surface area (Å²) in [7, 11) is 3.38. The molecule has 0 bridgehead atoms. The van der Waals surface area contributed by atoms with Gasteiger partial charge in [0.05, 0.1) is 13.7 Å². The highest BCUT2D eigenvalue weighted by molar-refractivity contribution is 5.28. The first kappa shape index (κ1) is 12.5. The molecule has 0 aliphatic heterocycles. The first-order chi connectivity index (χ1) is 8.70. The summed E-state index contributed by atoms with van der Waals surface area (Å²) in [5, 5.41) is 10.8. The second-order valence-corrected chi connectivity index (χ2v) is 3.92. The summed E-state index contributed by atoms with van der Waals surface area (Å²) in [5.74, 6) is 1.05. The molecule has 0 radical (unpaired) electrons. The molecule has 1 aromatic heterocycles. The van der Waals surface area contributed by atoms with Gasteiger partial charge in [0.1, 0.15) is 23.7 Å². The highest BCUT2D eigenvalue weighted by Crippen LogP contribution is 2.15. The number of hydrogen-bond acceptors (Lipinski definition) is 4. The zero-order valence-corrected chi connectivity index (χ0v) is 10.4. The molecule has 0 saturated heterocycles. The maximum atomic E-state index is 13.6. The van der Waals surface area contributed by atoms with Crippen molar-refractivity contribution >= 4 is 0 Å². The van der Waals surface area contributed by atoms with E-state index in [2.05, 4.69) is 15.5 Å². The third kappa shape index (κ3) is 2.84. The second-order valence-electron chi connectivity index (χ2n) is 3.92. The molecular weight excluding hydrogens is 235 g/mol. The topological polar surface area (TPSA) is 52.0 Å². The van der Waals surface area contributed by atoms with Gasteiger partial charge < -0.3 is 14.6 Å². The molecule has 1 aromatic carbocycles. The van der Waals surface area contributed by atoms with Crippen LogP contribution in [0, 0.1) is 5.82 Å². The number of benzene rings is 1. The molecule has 0 atom stereocenters. The fraction of sp³-hybridized carbons (Fsp3) is 0.333. The van der Waals surface area contributed by atoms with Crippen LogP contribution in [0.4, 0.5) is 4.39 Å². The lowest BCUT2D eigenvalue weighted by Crippen LogP contribution is -2.16. The van der Waals surface area contributed by atoms with Crippen molar-refractivity contribution < 1.29 is 9.13 Å². The molecule has 0 spiro atoms. The normalized spacial score (nSPS) is 10.6. The van der Waals surface area contributed by atoms with Crippen molar-refractivity contribution in [2.24, 2.45) is 7.05 Å². The molecule has 5 nitrogen and oxygen atoms in total. The van der Waals surface area contributed by atoms with Gasteiger partial charge in [-0.15, -0.1) is 10.2 Å². The van der Waals surface area contributed by atoms with Crippen LogP contribution in [0.15, 0.2) is 24.5 Å². The van der Waals surface area contributed by atoms with E-state index in [4.69, 9.17) is 4.74 Å². The van der Waals surface area contributed by atoms with Gasteiger partial charge in [0.2, 0.25) is 0 Å². The van der Waals surface area contributed by atoms with Crippen molar-refractivity contribution in [2.45, 2.75) is 13.1 Å². The molecule has 18 heavy (non-hydrogen) atoms. The molecule has 0 amide bonds. The summed E-state index contributed by atoms with van der Waals surface area (Å²) < 4.78 is 20.4. The molecule has 0 aliphatic rings. The monoisotopic (exact) mass is 250 g/mol. The van der Waals surface area contributed by atoms with Crippen LogP contribution >= 0.6 is 0 Å². The molecule has 0 unspecified atom stereocenters. The fourth-order valence-corrected chi connectivity index (χ4v) is 1.57. The van der Waals surface area contributed by atoms with Crippen LogP contribution in [0.2, 0.25) is 0 Å². The molecular formula is C12H15FN4O. The van der Waals surface area contributed by atoms with Crippen molar-refractivity contribution in [3.63, 3.8) is 0 Å². The van der Waals surface area contributed by atoms with E-state index in [1.165, 1.54) is 13.2 Å². The molecule has 2 aromatic rings. The third-order valence-corrected chi connectivity index (χ3v) is 2.66. The number of aryl methyl sites for hydroxylation is 1. The van der Waals surface area contributed by atoms with Gasteiger partial charge in [-0.3, -0.25) is 0 Å². The Morgan fingerprint density at radius 3 is 2.83 bits per heavy atom. The average molecular weight is 250 g/mol. The van der Waals surface area contributed by atoms with Gasteiger partial charge in [-0.25, -0.2) is 4.39 Å². The van der Waals surface area contributed by atoms with Crippen LogP contribution in [-0.4, -0.2) is 21.9 Å². The van der Waals surface area contributed by atoms with Crippen molar-refractivity contribution in [1.82, 2.24) is 20.1 Å². The summed E-state index contributed by atoms with van der Waals surface area (Å²) in [6.07, 6.45) is 1.63. The number of nitrogens with one attached hydrogen (secondary N) is 1. The number of nitrogens with zero attached hydrogens (tertiary/aromatic N) is 3. The Morgan fingerprint density at radius 2 is 2.22 bits per heavy atom. The van der Waals surface area contributed by atoms with Crippen LogP contribution in [-0.2, 0) is 20.1 Å². The molecule has 1 heterocycles. The van der Waals surface area contributed by atoms with Gasteiger partial charge in [0.25, 0.3) is 0 Å². The smallest absolute Gasteiger partial charge is 0.146 e. The molecule has 0 aliphatic carbocycles. The Kier molecular flexibility index (Phi) is 3.88. The van der Waals surface area contributed by atoms with E-state index in [0.29, 0.717) is 24.4 Å². The van der Waals surface area contributed by atoms with E-state index >= 15 is 0 Å². The van der Waals surface area contributed by atoms with E-state index in [1.54, 1.807) is 18.5 Å². The predicted molar refractivity (Wildman–Crippen MR) is 64.5 cm³/mol. The van der Waals surface area contributed by atoms with Gasteiger partial charge >= 0.3 is 0 Å². The minimum Gasteiger partial charge on any atom is -0.497 e. The number of rotatable bonds is 5. The lowest BCUT2D eigenvalue weighted by molar-refractivity contribution is 0.410. The van der Waals surface area contributed by atoms with Crippen LogP contribution < -0.4 is 10.1 Å². The number of methoxy groups -OCH3 is 1. The highest BCUT2D eigenvalue weighted by Gasteiger charge is 2.05. The van der Waals surface area contributed by atoms with Gasteiger partial charge in [0, 0.05) is 25.2 Å². The van der Waals surface area contributed by atoms with E-state index < -0.39 is 0 Å². The third-order valence-electron chi connectivity index (χ3n) is 2.66.